The van der Waals surface area contributed by atoms with Gasteiger partial charge in [0.2, 0.25) is 0 Å². The van der Waals surface area contributed by atoms with Gasteiger partial charge in [0, 0.05) is 18.2 Å². The van der Waals surface area contributed by atoms with E-state index in [0.29, 0.717) is 24.0 Å². The van der Waals surface area contributed by atoms with Crippen LogP contribution in [0.25, 0.3) is 0 Å². The molecule has 0 bridgehead atoms. The summed E-state index contributed by atoms with van der Waals surface area (Å²) >= 11 is 0. The fraction of sp³-hybridized carbons (Fsp3) is 0.611. The first-order valence-corrected chi connectivity index (χ1v) is 8.55. The number of nitrogens with zero attached hydrogens (tertiary/aromatic N) is 1. The monoisotopic (exact) mass is 301 g/mol. The van der Waals surface area contributed by atoms with Gasteiger partial charge >= 0.3 is 0 Å². The van der Waals surface area contributed by atoms with E-state index < -0.39 is 0 Å². The Kier molecular flexibility index (Phi) is 4.67. The van der Waals surface area contributed by atoms with Crippen molar-refractivity contribution in [3.05, 3.63) is 29.3 Å². The number of aryl methyl sites for hydroxylation is 2. The minimum atomic E-state index is 0.330. The van der Waals surface area contributed by atoms with Crippen LogP contribution in [-0.4, -0.2) is 24.7 Å². The highest BCUT2D eigenvalue weighted by Gasteiger charge is 2.43. The number of ether oxygens (including phenoxy) is 1. The van der Waals surface area contributed by atoms with Crippen LogP contribution in [0.4, 0.5) is 5.69 Å². The molecule has 1 saturated heterocycles. The van der Waals surface area contributed by atoms with Crippen molar-refractivity contribution < 1.29 is 4.74 Å². The number of hydrogen-bond acceptors (Lipinski definition) is 2. The van der Waals surface area contributed by atoms with E-state index in [-0.39, 0.29) is 0 Å². The maximum atomic E-state index is 6.18. The third kappa shape index (κ3) is 2.98. The quantitative estimate of drug-likeness (QED) is 0.663. The maximum Gasteiger partial charge on any atom is 0.193 e. The molecule has 22 heavy (non-hydrogen) atoms. The van der Waals surface area contributed by atoms with Crippen LogP contribution >= 0.6 is 0 Å². The van der Waals surface area contributed by atoms with E-state index in [9.17, 15) is 0 Å². The third-order valence-electron chi connectivity index (χ3n) is 5.02. The molecule has 3 N–H and O–H groups in total. The van der Waals surface area contributed by atoms with Crippen molar-refractivity contribution in [2.75, 3.05) is 11.9 Å². The van der Waals surface area contributed by atoms with Gasteiger partial charge in [0.25, 0.3) is 0 Å². The SMILES string of the molecule is CCc1cccc(CC)c1NC(N)=NC1CC2OCCCC12. The van der Waals surface area contributed by atoms with Crippen LogP contribution in [-0.2, 0) is 17.6 Å². The molecule has 3 rings (SSSR count). The molecule has 0 amide bonds. The van der Waals surface area contributed by atoms with Gasteiger partial charge in [-0.3, -0.25) is 0 Å². The molecule has 0 aromatic heterocycles. The molecule has 1 aliphatic heterocycles. The lowest BCUT2D eigenvalue weighted by Gasteiger charge is -2.45. The Morgan fingerprint density at radius 2 is 2.05 bits per heavy atom. The number of anilines is 1. The summed E-state index contributed by atoms with van der Waals surface area (Å²) < 4.78 is 5.75. The van der Waals surface area contributed by atoms with Crippen LogP contribution in [0.15, 0.2) is 23.2 Å². The van der Waals surface area contributed by atoms with Crippen molar-refractivity contribution in [2.45, 2.75) is 58.1 Å². The molecule has 4 heteroatoms. The minimum Gasteiger partial charge on any atom is -0.378 e. The summed E-state index contributed by atoms with van der Waals surface area (Å²) in [6.07, 6.45) is 5.79. The lowest BCUT2D eigenvalue weighted by Crippen LogP contribution is -2.49. The summed E-state index contributed by atoms with van der Waals surface area (Å²) in [4.78, 5) is 4.72. The normalized spacial score (nSPS) is 27.9. The zero-order chi connectivity index (χ0) is 15.5. The Morgan fingerprint density at radius 1 is 1.32 bits per heavy atom. The Hall–Kier alpha value is -1.55. The summed E-state index contributed by atoms with van der Waals surface area (Å²) in [5, 5.41) is 3.36. The van der Waals surface area contributed by atoms with E-state index in [1.165, 1.54) is 17.5 Å². The molecule has 2 fully saturated rings. The highest BCUT2D eigenvalue weighted by molar-refractivity contribution is 5.94. The summed E-state index contributed by atoms with van der Waals surface area (Å²) in [5.74, 6) is 1.12. The summed E-state index contributed by atoms with van der Waals surface area (Å²) in [6, 6.07) is 6.76. The van der Waals surface area contributed by atoms with Gasteiger partial charge in [-0.25, -0.2) is 4.99 Å². The van der Waals surface area contributed by atoms with Crippen molar-refractivity contribution in [3.63, 3.8) is 0 Å². The molecule has 1 heterocycles. The third-order valence-corrected chi connectivity index (χ3v) is 5.02. The molecule has 120 valence electrons. The van der Waals surface area contributed by atoms with Crippen LogP contribution in [0.3, 0.4) is 0 Å². The smallest absolute Gasteiger partial charge is 0.193 e. The molecule has 3 unspecified atom stereocenters. The van der Waals surface area contributed by atoms with E-state index in [0.717, 1.165) is 38.0 Å². The summed E-state index contributed by atoms with van der Waals surface area (Å²) in [7, 11) is 0. The molecule has 4 nitrogen and oxygen atoms in total. The Bertz CT molecular complexity index is 533. The number of fused-ring (bicyclic) bond motifs is 1. The van der Waals surface area contributed by atoms with Crippen molar-refractivity contribution in [1.82, 2.24) is 0 Å². The summed E-state index contributed by atoms with van der Waals surface area (Å²) in [6.45, 7) is 5.25. The number of hydrogen-bond donors (Lipinski definition) is 2. The largest absolute Gasteiger partial charge is 0.378 e. The van der Waals surface area contributed by atoms with Gasteiger partial charge in [0.15, 0.2) is 5.96 Å². The number of rotatable bonds is 4. The highest BCUT2D eigenvalue weighted by atomic mass is 16.5. The second kappa shape index (κ2) is 6.69. The molecule has 1 aromatic carbocycles. The van der Waals surface area contributed by atoms with Crippen LogP contribution in [0, 0.1) is 5.92 Å². The summed E-state index contributed by atoms with van der Waals surface area (Å²) in [5.41, 5.74) is 9.92. The first-order chi connectivity index (χ1) is 10.7. The van der Waals surface area contributed by atoms with Gasteiger partial charge in [-0.1, -0.05) is 32.0 Å². The van der Waals surface area contributed by atoms with Crippen LogP contribution < -0.4 is 11.1 Å². The average molecular weight is 301 g/mol. The zero-order valence-corrected chi connectivity index (χ0v) is 13.6. The number of guanidine groups is 1. The van der Waals surface area contributed by atoms with E-state index in [1.54, 1.807) is 0 Å². The zero-order valence-electron chi connectivity index (χ0n) is 13.6. The van der Waals surface area contributed by atoms with E-state index in [1.807, 2.05) is 0 Å². The molecular weight excluding hydrogens is 274 g/mol. The molecule has 1 aromatic rings. The molecule has 3 atom stereocenters. The number of benzene rings is 1. The van der Waals surface area contributed by atoms with Crippen molar-refractivity contribution in [3.8, 4) is 0 Å². The predicted molar refractivity (Wildman–Crippen MR) is 91.3 cm³/mol. The molecule has 1 aliphatic carbocycles. The van der Waals surface area contributed by atoms with Gasteiger partial charge in [-0.05, 0) is 43.2 Å². The number of nitrogens with two attached hydrogens (primary N) is 1. The Morgan fingerprint density at radius 3 is 2.68 bits per heavy atom. The van der Waals surface area contributed by atoms with Crippen LogP contribution in [0.5, 0.6) is 0 Å². The van der Waals surface area contributed by atoms with Gasteiger partial charge < -0.3 is 15.8 Å². The van der Waals surface area contributed by atoms with E-state index in [2.05, 4.69) is 37.4 Å². The topological polar surface area (TPSA) is 59.6 Å². The number of aliphatic imine (C=N–C) groups is 1. The number of para-hydroxylation sites is 1. The van der Waals surface area contributed by atoms with Gasteiger partial charge in [0.1, 0.15) is 0 Å². The lowest BCUT2D eigenvalue weighted by molar-refractivity contribution is -0.0937. The van der Waals surface area contributed by atoms with Gasteiger partial charge in [-0.15, -0.1) is 0 Å². The first kappa shape index (κ1) is 15.3. The van der Waals surface area contributed by atoms with Crippen LogP contribution in [0.2, 0.25) is 0 Å². The fourth-order valence-corrected chi connectivity index (χ4v) is 3.65. The second-order valence-corrected chi connectivity index (χ2v) is 6.32. The standard InChI is InChI=1S/C18H27N3O/c1-3-12-7-5-8-13(4-2)17(12)21-18(19)20-15-11-16-14(15)9-6-10-22-16/h5,7-8,14-16H,3-4,6,9-11H2,1-2H3,(H3,19,20,21). The second-order valence-electron chi connectivity index (χ2n) is 6.32. The molecule has 0 radical (unpaired) electrons. The minimum absolute atomic E-state index is 0.330. The maximum absolute atomic E-state index is 6.18. The molecule has 2 aliphatic rings. The predicted octanol–water partition coefficient (Wildman–Crippen LogP) is 3.11. The highest BCUT2D eigenvalue weighted by Crippen LogP contribution is 2.39. The molecule has 0 spiro atoms. The Labute approximate surface area is 133 Å². The van der Waals surface area contributed by atoms with Gasteiger partial charge in [-0.2, -0.15) is 0 Å². The number of nitrogens with one attached hydrogen (secondary N) is 1. The van der Waals surface area contributed by atoms with Gasteiger partial charge in [0.05, 0.1) is 12.1 Å². The molecular formula is C18H27N3O. The lowest BCUT2D eigenvalue weighted by atomic mass is 9.73. The molecule has 1 saturated carbocycles. The first-order valence-electron chi connectivity index (χ1n) is 8.55. The fourth-order valence-electron chi connectivity index (χ4n) is 3.65. The average Bonchev–Trinajstić information content (AvgIpc) is 2.53. The van der Waals surface area contributed by atoms with Crippen molar-refractivity contribution in [2.24, 2.45) is 16.6 Å². The van der Waals surface area contributed by atoms with E-state index >= 15 is 0 Å². The van der Waals surface area contributed by atoms with Crippen molar-refractivity contribution >= 4 is 11.6 Å². The Balaban J connectivity index is 1.71. The van der Waals surface area contributed by atoms with Crippen LogP contribution in [0.1, 0.15) is 44.2 Å². The van der Waals surface area contributed by atoms with E-state index in [4.69, 9.17) is 15.5 Å². The van der Waals surface area contributed by atoms with Crippen molar-refractivity contribution in [1.29, 1.82) is 0 Å².